The summed E-state index contributed by atoms with van der Waals surface area (Å²) < 4.78 is 32.8. The van der Waals surface area contributed by atoms with Crippen LogP contribution in [0.1, 0.15) is 206 Å². The van der Waals surface area contributed by atoms with Gasteiger partial charge in [0.1, 0.15) is 12.6 Å². The first-order chi connectivity index (χ1) is 32.1. The van der Waals surface area contributed by atoms with Crippen LogP contribution in [0.25, 0.3) is 0 Å². The van der Waals surface area contributed by atoms with Crippen LogP contribution in [0.15, 0.2) is 85.1 Å². The Labute approximate surface area is 401 Å². The number of ether oxygens (including phenoxy) is 2. The van der Waals surface area contributed by atoms with Gasteiger partial charge in [-0.1, -0.05) is 189 Å². The number of rotatable bonds is 47. The van der Waals surface area contributed by atoms with Crippen molar-refractivity contribution in [3.63, 3.8) is 0 Å². The molecule has 0 aliphatic carbocycles. The van der Waals surface area contributed by atoms with E-state index in [0.717, 1.165) is 103 Å². The monoisotopic (exact) mass is 946 g/mol. The van der Waals surface area contributed by atoms with E-state index in [1.807, 2.05) is 0 Å². The van der Waals surface area contributed by atoms with E-state index in [1.54, 1.807) is 0 Å². The zero-order chi connectivity index (χ0) is 48.4. The van der Waals surface area contributed by atoms with Gasteiger partial charge in [0, 0.05) is 12.8 Å². The number of hydrogen-bond acceptors (Lipinski definition) is 9. The Hall–Kier alpha value is -3.34. The molecule has 0 aliphatic heterocycles. The summed E-state index contributed by atoms with van der Waals surface area (Å²) in [6, 6.07) is -1.53. The third-order valence-electron chi connectivity index (χ3n) is 10.6. The maximum absolute atomic E-state index is 12.7. The Morgan fingerprint density at radius 2 is 0.848 bits per heavy atom. The second-order valence-electron chi connectivity index (χ2n) is 16.9. The number of unbranched alkanes of at least 4 members (excludes halogenated alkanes) is 19. The van der Waals surface area contributed by atoms with Crippen molar-refractivity contribution in [2.24, 2.45) is 5.73 Å². The standard InChI is InChI=1S/C54H92NO10P/c1-3-5-7-9-11-13-15-17-19-21-23-24-25-26-28-30-32-34-36-38-40-42-44-46-53(57)65-50(48-63-66(60,61)64-49-51(55)54(58)59)47-62-52(56)45-43-41-39-37-35-33-31-29-27-22-20-18-16-14-12-10-8-6-4-2/h5,7,11-14,17-20,23-24,27,29,50-51H,3-4,6,8-10,15-16,21-22,25-26,28,30-49,55H2,1-2H3,(H,58,59)(H,60,61)/b7-5-,13-11-,14-12-,19-17-,20-18-,24-23-,29-27-. The lowest BCUT2D eigenvalue weighted by molar-refractivity contribution is -0.161. The summed E-state index contributed by atoms with van der Waals surface area (Å²) in [5.74, 6) is -2.40. The van der Waals surface area contributed by atoms with Crippen LogP contribution in [0.2, 0.25) is 0 Å². The Kier molecular flexibility index (Phi) is 45.7. The minimum atomic E-state index is -4.73. The van der Waals surface area contributed by atoms with E-state index in [1.165, 1.54) is 64.2 Å². The molecule has 4 N–H and O–H groups in total. The highest BCUT2D eigenvalue weighted by Crippen LogP contribution is 2.43. The van der Waals surface area contributed by atoms with Crippen molar-refractivity contribution < 1.29 is 47.5 Å². The van der Waals surface area contributed by atoms with Gasteiger partial charge >= 0.3 is 25.7 Å². The van der Waals surface area contributed by atoms with Crippen LogP contribution in [0, 0.1) is 0 Å². The van der Waals surface area contributed by atoms with Gasteiger partial charge in [-0.05, 0) is 89.9 Å². The smallest absolute Gasteiger partial charge is 0.472 e. The van der Waals surface area contributed by atoms with E-state index >= 15 is 0 Å². The SMILES string of the molecule is CC/C=C\C/C=C\C/C=C\C/C=C\CCCCCCCCCCCCC(=O)OC(COC(=O)CCCCCCCC/C=C\C/C=C\C/C=C\CCCCC)COP(=O)(O)OCC(N)C(=O)O. The summed E-state index contributed by atoms with van der Waals surface area (Å²) in [4.78, 5) is 46.2. The normalized spacial score (nSPS) is 14.2. The van der Waals surface area contributed by atoms with Gasteiger partial charge in [0.15, 0.2) is 6.10 Å². The summed E-state index contributed by atoms with van der Waals surface area (Å²) in [5, 5.41) is 8.93. The average Bonchev–Trinajstić information content (AvgIpc) is 3.30. The lowest BCUT2D eigenvalue weighted by Gasteiger charge is -2.20. The first-order valence-corrected chi connectivity index (χ1v) is 27.1. The van der Waals surface area contributed by atoms with Crippen molar-refractivity contribution in [3.05, 3.63) is 85.1 Å². The van der Waals surface area contributed by atoms with Gasteiger partial charge in [0.25, 0.3) is 0 Å². The van der Waals surface area contributed by atoms with Crippen molar-refractivity contribution in [2.45, 2.75) is 219 Å². The molecule has 0 aliphatic rings. The summed E-state index contributed by atoms with van der Waals surface area (Å²) in [5.41, 5.74) is 5.35. The van der Waals surface area contributed by atoms with Crippen molar-refractivity contribution in [3.8, 4) is 0 Å². The molecule has 0 bridgehead atoms. The molecule has 378 valence electrons. The molecule has 0 saturated carbocycles. The topological polar surface area (TPSA) is 172 Å². The Morgan fingerprint density at radius 1 is 0.485 bits per heavy atom. The van der Waals surface area contributed by atoms with Gasteiger partial charge in [0.05, 0.1) is 13.2 Å². The van der Waals surface area contributed by atoms with Gasteiger partial charge < -0.3 is 25.2 Å². The first kappa shape index (κ1) is 62.7. The summed E-state index contributed by atoms with van der Waals surface area (Å²) in [6.07, 6.45) is 60.6. The van der Waals surface area contributed by atoms with E-state index in [4.69, 9.17) is 24.8 Å². The molecule has 0 amide bonds. The highest BCUT2D eigenvalue weighted by Gasteiger charge is 2.28. The highest BCUT2D eigenvalue weighted by atomic mass is 31.2. The average molecular weight is 946 g/mol. The molecule has 0 aromatic carbocycles. The van der Waals surface area contributed by atoms with Gasteiger partial charge in [-0.15, -0.1) is 0 Å². The summed E-state index contributed by atoms with van der Waals surface area (Å²) >= 11 is 0. The number of allylic oxidation sites excluding steroid dienone is 14. The number of aliphatic carboxylic acids is 1. The molecule has 0 saturated heterocycles. The van der Waals surface area contributed by atoms with E-state index in [2.05, 4.69) is 103 Å². The maximum Gasteiger partial charge on any atom is 0.472 e. The maximum atomic E-state index is 12.7. The third-order valence-corrected chi connectivity index (χ3v) is 11.6. The predicted molar refractivity (Wildman–Crippen MR) is 272 cm³/mol. The number of carbonyl (C=O) groups excluding carboxylic acids is 2. The molecule has 11 nitrogen and oxygen atoms in total. The molecule has 12 heteroatoms. The Bertz CT molecular complexity index is 1440. The molecule has 0 spiro atoms. The molecule has 0 aromatic rings. The van der Waals surface area contributed by atoms with Gasteiger partial charge in [-0.25, -0.2) is 4.57 Å². The van der Waals surface area contributed by atoms with E-state index < -0.39 is 51.1 Å². The molecule has 3 unspecified atom stereocenters. The van der Waals surface area contributed by atoms with Crippen molar-refractivity contribution in [1.29, 1.82) is 0 Å². The quantitative estimate of drug-likeness (QED) is 0.0229. The molecule has 0 radical (unpaired) electrons. The van der Waals surface area contributed by atoms with Crippen LogP contribution in [0.3, 0.4) is 0 Å². The van der Waals surface area contributed by atoms with Crippen LogP contribution < -0.4 is 5.73 Å². The zero-order valence-corrected chi connectivity index (χ0v) is 42.2. The predicted octanol–water partition coefficient (Wildman–Crippen LogP) is 14.6. The summed E-state index contributed by atoms with van der Waals surface area (Å²) in [6.45, 7) is 2.66. The molecule has 0 heterocycles. The Balaban J connectivity index is 4.29. The van der Waals surface area contributed by atoms with Gasteiger partial charge in [0.2, 0.25) is 0 Å². The lowest BCUT2D eigenvalue weighted by Crippen LogP contribution is -2.34. The molecule has 0 rings (SSSR count). The van der Waals surface area contributed by atoms with Crippen LogP contribution in [0.5, 0.6) is 0 Å². The molecular formula is C54H92NO10P. The van der Waals surface area contributed by atoms with E-state index in [0.29, 0.717) is 12.8 Å². The van der Waals surface area contributed by atoms with Crippen LogP contribution in [-0.2, 0) is 37.5 Å². The van der Waals surface area contributed by atoms with Crippen LogP contribution >= 0.6 is 7.82 Å². The molecule has 0 aromatic heterocycles. The zero-order valence-electron chi connectivity index (χ0n) is 41.3. The fraction of sp³-hybridized carbons (Fsp3) is 0.685. The number of esters is 2. The summed E-state index contributed by atoms with van der Waals surface area (Å²) in [7, 11) is -4.73. The molecular weight excluding hydrogens is 854 g/mol. The highest BCUT2D eigenvalue weighted by molar-refractivity contribution is 7.47. The lowest BCUT2D eigenvalue weighted by atomic mass is 10.0. The second-order valence-corrected chi connectivity index (χ2v) is 18.4. The number of phosphoric acid groups is 1. The van der Waals surface area contributed by atoms with E-state index in [9.17, 15) is 23.8 Å². The number of hydrogen-bond donors (Lipinski definition) is 3. The third kappa shape index (κ3) is 47.2. The van der Waals surface area contributed by atoms with Crippen LogP contribution in [-0.4, -0.2) is 59.9 Å². The number of nitrogens with two attached hydrogens (primary N) is 1. The van der Waals surface area contributed by atoms with Gasteiger partial charge in [-0.2, -0.15) is 0 Å². The fourth-order valence-corrected chi connectivity index (χ4v) is 7.43. The largest absolute Gasteiger partial charge is 0.480 e. The van der Waals surface area contributed by atoms with Crippen molar-refractivity contribution in [2.75, 3.05) is 19.8 Å². The number of phosphoric ester groups is 1. The fourth-order valence-electron chi connectivity index (χ4n) is 6.65. The molecule has 66 heavy (non-hydrogen) atoms. The molecule has 0 fully saturated rings. The minimum absolute atomic E-state index is 0.148. The second kappa shape index (κ2) is 48.1. The van der Waals surface area contributed by atoms with Crippen molar-refractivity contribution >= 4 is 25.7 Å². The number of carbonyl (C=O) groups is 3. The van der Waals surface area contributed by atoms with Crippen molar-refractivity contribution in [1.82, 2.24) is 0 Å². The van der Waals surface area contributed by atoms with Gasteiger partial charge in [-0.3, -0.25) is 23.4 Å². The molecule has 3 atom stereocenters. The van der Waals surface area contributed by atoms with E-state index in [-0.39, 0.29) is 19.4 Å². The number of carboxylic acid groups (broad SMARTS) is 1. The number of carboxylic acids is 1. The minimum Gasteiger partial charge on any atom is -0.480 e. The Morgan fingerprint density at radius 3 is 1.27 bits per heavy atom. The first-order valence-electron chi connectivity index (χ1n) is 25.6. The van der Waals surface area contributed by atoms with Crippen LogP contribution in [0.4, 0.5) is 0 Å².